The highest BCUT2D eigenvalue weighted by Gasteiger charge is 2.20. The minimum Gasteiger partial charge on any atom is -0.464 e. The van der Waals surface area contributed by atoms with Crippen molar-refractivity contribution >= 4 is 23.4 Å². The van der Waals surface area contributed by atoms with E-state index in [1.807, 2.05) is 6.92 Å². The lowest BCUT2D eigenvalue weighted by atomic mass is 10.3. The molecule has 0 aromatic carbocycles. The fourth-order valence-corrected chi connectivity index (χ4v) is 0.505. The van der Waals surface area contributed by atoms with Gasteiger partial charge in [-0.15, -0.1) is 11.6 Å². The SMILES string of the molecule is CCCOC(=O)C(Cl)C(C)=O. The summed E-state index contributed by atoms with van der Waals surface area (Å²) in [5.74, 6) is -1.03. The van der Waals surface area contributed by atoms with E-state index in [-0.39, 0.29) is 5.78 Å². The van der Waals surface area contributed by atoms with Crippen LogP contribution in [0.4, 0.5) is 0 Å². The van der Waals surface area contributed by atoms with Crippen LogP contribution in [0.15, 0.2) is 0 Å². The molecule has 0 bridgehead atoms. The van der Waals surface area contributed by atoms with Crippen LogP contribution in [0.3, 0.4) is 0 Å². The number of ketones is 1. The second-order valence-electron chi connectivity index (χ2n) is 2.14. The maximum absolute atomic E-state index is 10.8. The van der Waals surface area contributed by atoms with Gasteiger partial charge in [0.05, 0.1) is 6.61 Å². The number of hydrogen-bond donors (Lipinski definition) is 0. The zero-order valence-corrected chi connectivity index (χ0v) is 7.35. The van der Waals surface area contributed by atoms with E-state index in [9.17, 15) is 9.59 Å². The van der Waals surface area contributed by atoms with Crippen LogP contribution >= 0.6 is 11.6 Å². The minimum absolute atomic E-state index is 0.315. The third-order valence-electron chi connectivity index (χ3n) is 1.01. The van der Waals surface area contributed by atoms with Crippen molar-refractivity contribution in [2.45, 2.75) is 25.6 Å². The first-order valence-corrected chi connectivity index (χ1v) is 3.84. The fourth-order valence-electron chi connectivity index (χ4n) is 0.442. The lowest BCUT2D eigenvalue weighted by molar-refractivity contribution is -0.145. The van der Waals surface area contributed by atoms with E-state index in [1.54, 1.807) is 0 Å². The number of carbonyl (C=O) groups excluding carboxylic acids is 2. The van der Waals surface area contributed by atoms with E-state index < -0.39 is 11.3 Å². The fraction of sp³-hybridized carbons (Fsp3) is 0.714. The number of ether oxygens (including phenoxy) is 1. The van der Waals surface area contributed by atoms with Gasteiger partial charge in [0, 0.05) is 0 Å². The molecular formula is C7H11ClO3. The largest absolute Gasteiger partial charge is 0.464 e. The number of rotatable bonds is 4. The molecular weight excluding hydrogens is 168 g/mol. The first-order valence-electron chi connectivity index (χ1n) is 3.40. The van der Waals surface area contributed by atoms with Gasteiger partial charge >= 0.3 is 5.97 Å². The van der Waals surface area contributed by atoms with E-state index in [2.05, 4.69) is 4.74 Å². The monoisotopic (exact) mass is 178 g/mol. The number of hydrogen-bond acceptors (Lipinski definition) is 3. The zero-order valence-electron chi connectivity index (χ0n) is 6.59. The van der Waals surface area contributed by atoms with E-state index in [0.29, 0.717) is 6.61 Å². The molecule has 64 valence electrons. The quantitative estimate of drug-likeness (QED) is 0.368. The highest BCUT2D eigenvalue weighted by molar-refractivity contribution is 6.40. The number of Topliss-reactive ketones (excluding diaryl/α,β-unsaturated/α-hetero) is 1. The Kier molecular flexibility index (Phi) is 4.86. The van der Waals surface area contributed by atoms with Crippen LogP contribution < -0.4 is 0 Å². The number of esters is 1. The number of halogens is 1. The summed E-state index contributed by atoms with van der Waals surface area (Å²) >= 11 is 5.38. The first kappa shape index (κ1) is 10.4. The lowest BCUT2D eigenvalue weighted by Gasteiger charge is -2.04. The van der Waals surface area contributed by atoms with Crippen LogP contribution in [0.5, 0.6) is 0 Å². The van der Waals surface area contributed by atoms with E-state index in [1.165, 1.54) is 6.92 Å². The predicted octanol–water partition coefficient (Wildman–Crippen LogP) is 1.14. The Morgan fingerprint density at radius 2 is 2.09 bits per heavy atom. The molecule has 0 fully saturated rings. The molecule has 0 aliphatic carbocycles. The molecule has 0 spiro atoms. The second-order valence-corrected chi connectivity index (χ2v) is 2.58. The topological polar surface area (TPSA) is 43.4 Å². The molecule has 0 heterocycles. The Morgan fingerprint density at radius 3 is 2.45 bits per heavy atom. The summed E-state index contributed by atoms with van der Waals surface area (Å²) in [6.45, 7) is 3.44. The zero-order chi connectivity index (χ0) is 8.85. The Hall–Kier alpha value is -0.570. The molecule has 0 aliphatic rings. The molecule has 0 radical (unpaired) electrons. The highest BCUT2D eigenvalue weighted by atomic mass is 35.5. The average molecular weight is 179 g/mol. The van der Waals surface area contributed by atoms with Crippen molar-refractivity contribution < 1.29 is 14.3 Å². The molecule has 3 nitrogen and oxygen atoms in total. The van der Waals surface area contributed by atoms with Gasteiger partial charge in [0.1, 0.15) is 0 Å². The smallest absolute Gasteiger partial charge is 0.331 e. The molecule has 0 amide bonds. The van der Waals surface area contributed by atoms with Crippen molar-refractivity contribution in [3.8, 4) is 0 Å². The number of carbonyl (C=O) groups is 2. The van der Waals surface area contributed by atoms with Gasteiger partial charge in [-0.3, -0.25) is 4.79 Å². The molecule has 0 aromatic rings. The van der Waals surface area contributed by atoms with E-state index in [0.717, 1.165) is 6.42 Å². The van der Waals surface area contributed by atoms with Crippen LogP contribution in [-0.4, -0.2) is 23.7 Å². The predicted molar refractivity (Wildman–Crippen MR) is 41.6 cm³/mol. The summed E-state index contributed by atoms with van der Waals surface area (Å²) in [4.78, 5) is 21.3. The maximum atomic E-state index is 10.8. The van der Waals surface area contributed by atoms with Crippen molar-refractivity contribution in [3.05, 3.63) is 0 Å². The molecule has 0 saturated carbocycles. The molecule has 1 unspecified atom stereocenters. The van der Waals surface area contributed by atoms with Crippen LogP contribution in [0.25, 0.3) is 0 Å². The summed E-state index contributed by atoms with van der Waals surface area (Å²) in [7, 11) is 0. The van der Waals surface area contributed by atoms with Gasteiger partial charge in [0.25, 0.3) is 0 Å². The van der Waals surface area contributed by atoms with Gasteiger partial charge < -0.3 is 4.74 Å². The molecule has 1 atom stereocenters. The molecule has 0 aliphatic heterocycles. The number of alkyl halides is 1. The molecule has 0 rings (SSSR count). The van der Waals surface area contributed by atoms with Crippen LogP contribution in [0, 0.1) is 0 Å². The molecule has 0 saturated heterocycles. The Balaban J connectivity index is 3.74. The molecule has 0 aromatic heterocycles. The van der Waals surface area contributed by atoms with Crippen molar-refractivity contribution in [3.63, 3.8) is 0 Å². The third kappa shape index (κ3) is 3.98. The van der Waals surface area contributed by atoms with Crippen molar-refractivity contribution in [2.24, 2.45) is 0 Å². The maximum Gasteiger partial charge on any atom is 0.331 e. The Bertz CT molecular complexity index is 156. The molecule has 4 heteroatoms. The third-order valence-corrected chi connectivity index (χ3v) is 1.50. The Morgan fingerprint density at radius 1 is 1.55 bits per heavy atom. The summed E-state index contributed by atoms with van der Waals surface area (Å²) < 4.78 is 4.62. The standard InChI is InChI=1S/C7H11ClO3/c1-3-4-11-7(10)6(8)5(2)9/h6H,3-4H2,1-2H3. The highest BCUT2D eigenvalue weighted by Crippen LogP contribution is 2.00. The van der Waals surface area contributed by atoms with Crippen LogP contribution in [0.2, 0.25) is 0 Å². The van der Waals surface area contributed by atoms with Crippen LogP contribution in [0.1, 0.15) is 20.3 Å². The molecule has 0 N–H and O–H groups in total. The Labute approximate surface area is 70.7 Å². The first-order chi connectivity index (χ1) is 5.09. The summed E-state index contributed by atoms with van der Waals surface area (Å²) in [6.07, 6.45) is 0.729. The lowest BCUT2D eigenvalue weighted by Crippen LogP contribution is -2.24. The normalized spacial score (nSPS) is 12.3. The van der Waals surface area contributed by atoms with E-state index in [4.69, 9.17) is 11.6 Å². The van der Waals surface area contributed by atoms with Crippen molar-refractivity contribution in [1.82, 2.24) is 0 Å². The van der Waals surface area contributed by atoms with Crippen LogP contribution in [-0.2, 0) is 14.3 Å². The van der Waals surface area contributed by atoms with Crippen molar-refractivity contribution in [1.29, 1.82) is 0 Å². The van der Waals surface area contributed by atoms with Gasteiger partial charge in [-0.25, -0.2) is 4.79 Å². The summed E-state index contributed by atoms with van der Waals surface area (Å²) in [5, 5.41) is -1.14. The van der Waals surface area contributed by atoms with Gasteiger partial charge in [-0.05, 0) is 13.3 Å². The summed E-state index contributed by atoms with van der Waals surface area (Å²) in [6, 6.07) is 0. The molecule has 11 heavy (non-hydrogen) atoms. The van der Waals surface area contributed by atoms with Gasteiger partial charge in [-0.2, -0.15) is 0 Å². The van der Waals surface area contributed by atoms with Crippen molar-refractivity contribution in [2.75, 3.05) is 6.61 Å². The van der Waals surface area contributed by atoms with Gasteiger partial charge in [0.2, 0.25) is 0 Å². The van der Waals surface area contributed by atoms with E-state index >= 15 is 0 Å². The minimum atomic E-state index is -1.14. The summed E-state index contributed by atoms with van der Waals surface area (Å²) in [5.41, 5.74) is 0. The average Bonchev–Trinajstić information content (AvgIpc) is 1.98. The van der Waals surface area contributed by atoms with Gasteiger partial charge in [-0.1, -0.05) is 6.92 Å². The second kappa shape index (κ2) is 5.13. The van der Waals surface area contributed by atoms with Gasteiger partial charge in [0.15, 0.2) is 11.2 Å².